The molecule has 0 bridgehead atoms. The first-order valence-electron chi connectivity index (χ1n) is 6.74. The molecule has 0 aromatic carbocycles. The number of hydrogen-bond donors (Lipinski definition) is 1. The van der Waals surface area contributed by atoms with Gasteiger partial charge in [-0.3, -0.25) is 9.69 Å². The van der Waals surface area contributed by atoms with E-state index in [2.05, 4.69) is 4.90 Å². The Morgan fingerprint density at radius 1 is 1.37 bits per heavy atom. The third kappa shape index (κ3) is 3.90. The molecule has 0 aliphatic carbocycles. The predicted molar refractivity (Wildman–Crippen MR) is 71.9 cm³/mol. The van der Waals surface area contributed by atoms with Crippen LogP contribution >= 0.6 is 0 Å². The molecule has 2 aliphatic heterocycles. The van der Waals surface area contributed by atoms with Crippen molar-refractivity contribution in [3.05, 3.63) is 0 Å². The second kappa shape index (κ2) is 5.76. The van der Waals surface area contributed by atoms with Gasteiger partial charge in [-0.1, -0.05) is 0 Å². The molecule has 2 aliphatic rings. The van der Waals surface area contributed by atoms with Crippen molar-refractivity contribution in [2.75, 3.05) is 38.2 Å². The number of aliphatic carboxylic acids is 1. The Balaban J connectivity index is 2.09. The molecule has 0 radical (unpaired) electrons. The topological polar surface area (TPSA) is 77.9 Å². The number of carbonyl (C=O) groups is 1. The minimum Gasteiger partial charge on any atom is -0.480 e. The van der Waals surface area contributed by atoms with Crippen molar-refractivity contribution in [2.45, 2.75) is 31.3 Å². The molecule has 7 heteroatoms. The van der Waals surface area contributed by atoms with Gasteiger partial charge in [0.25, 0.3) is 0 Å². The van der Waals surface area contributed by atoms with Gasteiger partial charge in [0.1, 0.15) is 0 Å². The van der Waals surface area contributed by atoms with Gasteiger partial charge in [-0.15, -0.1) is 0 Å². The standard InChI is InChI=1S/C12H22N2O4S/c1-13-5-2-3-10(7-13)14(8-12(15)16)11-4-6-19(17,18)9-11/h10-11H,2-9H2,1H3,(H,15,16). The lowest BCUT2D eigenvalue weighted by molar-refractivity contribution is -0.140. The maximum absolute atomic E-state index is 11.6. The molecule has 1 N–H and O–H groups in total. The summed E-state index contributed by atoms with van der Waals surface area (Å²) in [6.07, 6.45) is 2.56. The number of piperidine rings is 1. The van der Waals surface area contributed by atoms with Crippen LogP contribution in [-0.2, 0) is 14.6 Å². The second-order valence-corrected chi connectivity index (χ2v) is 7.91. The first-order valence-corrected chi connectivity index (χ1v) is 8.56. The number of nitrogens with zero attached hydrogens (tertiary/aromatic N) is 2. The normalized spacial score (nSPS) is 31.7. The van der Waals surface area contributed by atoms with Gasteiger partial charge < -0.3 is 10.0 Å². The summed E-state index contributed by atoms with van der Waals surface area (Å²) in [7, 11) is -0.952. The van der Waals surface area contributed by atoms with E-state index in [1.807, 2.05) is 11.9 Å². The maximum atomic E-state index is 11.6. The number of likely N-dealkylation sites (tertiary alicyclic amines) is 1. The fourth-order valence-corrected chi connectivity index (χ4v) is 4.90. The van der Waals surface area contributed by atoms with Crippen LogP contribution in [0.4, 0.5) is 0 Å². The molecule has 0 saturated carbocycles. The Morgan fingerprint density at radius 3 is 2.63 bits per heavy atom. The fourth-order valence-electron chi connectivity index (χ4n) is 3.16. The average molecular weight is 290 g/mol. The van der Waals surface area contributed by atoms with E-state index in [-0.39, 0.29) is 30.1 Å². The van der Waals surface area contributed by atoms with Crippen LogP contribution in [0.3, 0.4) is 0 Å². The molecule has 2 heterocycles. The largest absolute Gasteiger partial charge is 0.480 e. The molecule has 110 valence electrons. The van der Waals surface area contributed by atoms with E-state index in [0.717, 1.165) is 25.9 Å². The van der Waals surface area contributed by atoms with Crippen LogP contribution in [0, 0.1) is 0 Å². The lowest BCUT2D eigenvalue weighted by Gasteiger charge is -2.40. The van der Waals surface area contributed by atoms with Gasteiger partial charge >= 0.3 is 5.97 Å². The molecule has 19 heavy (non-hydrogen) atoms. The summed E-state index contributed by atoms with van der Waals surface area (Å²) >= 11 is 0. The lowest BCUT2D eigenvalue weighted by atomic mass is 10.0. The van der Waals surface area contributed by atoms with Gasteiger partial charge in [0.15, 0.2) is 9.84 Å². The Hall–Kier alpha value is -0.660. The van der Waals surface area contributed by atoms with E-state index in [0.29, 0.717) is 6.42 Å². The molecule has 6 nitrogen and oxygen atoms in total. The molecule has 0 aromatic rings. The number of likely N-dealkylation sites (N-methyl/N-ethyl adjacent to an activating group) is 1. The quantitative estimate of drug-likeness (QED) is 0.763. The van der Waals surface area contributed by atoms with Gasteiger partial charge in [-0.25, -0.2) is 8.42 Å². The van der Waals surface area contributed by atoms with Crippen LogP contribution in [0.15, 0.2) is 0 Å². The van der Waals surface area contributed by atoms with Crippen LogP contribution in [0.1, 0.15) is 19.3 Å². The highest BCUT2D eigenvalue weighted by Gasteiger charge is 2.37. The minimum absolute atomic E-state index is 0.0569. The third-order valence-electron chi connectivity index (χ3n) is 4.06. The van der Waals surface area contributed by atoms with Crippen LogP contribution in [0.5, 0.6) is 0 Å². The number of carboxylic acid groups (broad SMARTS) is 1. The predicted octanol–water partition coefficient (Wildman–Crippen LogP) is -0.346. The van der Waals surface area contributed by atoms with Gasteiger partial charge in [0.05, 0.1) is 18.1 Å². The monoisotopic (exact) mass is 290 g/mol. The summed E-state index contributed by atoms with van der Waals surface area (Å²) in [6, 6.07) is 0.0331. The Morgan fingerprint density at radius 2 is 2.11 bits per heavy atom. The number of rotatable bonds is 4. The lowest BCUT2D eigenvalue weighted by Crippen LogP contribution is -2.52. The van der Waals surface area contributed by atoms with Gasteiger partial charge in [-0.05, 0) is 32.9 Å². The molecule has 0 amide bonds. The highest BCUT2D eigenvalue weighted by Crippen LogP contribution is 2.23. The van der Waals surface area contributed by atoms with Crippen LogP contribution in [0.2, 0.25) is 0 Å². The summed E-state index contributed by atoms with van der Waals surface area (Å²) in [5.41, 5.74) is 0. The van der Waals surface area contributed by atoms with Crippen LogP contribution in [-0.4, -0.2) is 79.6 Å². The SMILES string of the molecule is CN1CCCC(N(CC(=O)O)C2CCS(=O)(=O)C2)C1. The van der Waals surface area contributed by atoms with Crippen molar-refractivity contribution in [2.24, 2.45) is 0 Å². The van der Waals surface area contributed by atoms with Crippen LogP contribution < -0.4 is 0 Å². The molecule has 2 unspecified atom stereocenters. The molecular formula is C12H22N2O4S. The Bertz CT molecular complexity index is 437. The van der Waals surface area contributed by atoms with Crippen LogP contribution in [0.25, 0.3) is 0 Å². The van der Waals surface area contributed by atoms with Gasteiger partial charge in [0, 0.05) is 18.6 Å². The summed E-state index contributed by atoms with van der Waals surface area (Å²) in [6.45, 7) is 1.79. The Kier molecular flexibility index (Phi) is 4.47. The van der Waals surface area contributed by atoms with Crippen molar-refractivity contribution in [3.8, 4) is 0 Å². The number of carboxylic acids is 1. The van der Waals surface area contributed by atoms with E-state index >= 15 is 0 Å². The highest BCUT2D eigenvalue weighted by atomic mass is 32.2. The summed E-state index contributed by atoms with van der Waals surface area (Å²) in [5, 5.41) is 9.07. The molecule has 2 saturated heterocycles. The Labute approximate surface area is 114 Å². The van der Waals surface area contributed by atoms with E-state index in [1.54, 1.807) is 0 Å². The van der Waals surface area contributed by atoms with E-state index in [1.165, 1.54) is 0 Å². The van der Waals surface area contributed by atoms with Crippen molar-refractivity contribution in [1.29, 1.82) is 0 Å². The zero-order valence-corrected chi connectivity index (χ0v) is 12.1. The number of sulfone groups is 1. The minimum atomic E-state index is -2.98. The van der Waals surface area contributed by atoms with E-state index < -0.39 is 15.8 Å². The molecule has 0 spiro atoms. The zero-order valence-electron chi connectivity index (χ0n) is 11.3. The van der Waals surface area contributed by atoms with Crippen molar-refractivity contribution in [3.63, 3.8) is 0 Å². The average Bonchev–Trinajstić information content (AvgIpc) is 2.66. The molecule has 0 aromatic heterocycles. The zero-order chi connectivity index (χ0) is 14.0. The summed E-state index contributed by atoms with van der Waals surface area (Å²) < 4.78 is 23.2. The summed E-state index contributed by atoms with van der Waals surface area (Å²) in [4.78, 5) is 15.1. The highest BCUT2D eigenvalue weighted by molar-refractivity contribution is 7.91. The van der Waals surface area contributed by atoms with Gasteiger partial charge in [0.2, 0.25) is 0 Å². The third-order valence-corrected chi connectivity index (χ3v) is 5.81. The smallest absolute Gasteiger partial charge is 0.317 e. The first kappa shape index (κ1) is 14.7. The van der Waals surface area contributed by atoms with Crippen molar-refractivity contribution < 1.29 is 18.3 Å². The number of hydrogen-bond acceptors (Lipinski definition) is 5. The summed E-state index contributed by atoms with van der Waals surface area (Å²) in [5.74, 6) is -0.575. The van der Waals surface area contributed by atoms with Gasteiger partial charge in [-0.2, -0.15) is 0 Å². The fraction of sp³-hybridized carbons (Fsp3) is 0.917. The van der Waals surface area contributed by atoms with E-state index in [4.69, 9.17) is 5.11 Å². The van der Waals surface area contributed by atoms with E-state index in [9.17, 15) is 13.2 Å². The molecule has 2 rings (SSSR count). The molecule has 2 atom stereocenters. The molecule has 2 fully saturated rings. The maximum Gasteiger partial charge on any atom is 0.317 e. The van der Waals surface area contributed by atoms with Crippen molar-refractivity contribution in [1.82, 2.24) is 9.80 Å². The first-order chi connectivity index (χ1) is 8.87. The molecular weight excluding hydrogens is 268 g/mol. The van der Waals surface area contributed by atoms with Crippen molar-refractivity contribution >= 4 is 15.8 Å². The second-order valence-electron chi connectivity index (χ2n) is 5.68.